The Bertz CT molecular complexity index is 330. The van der Waals surface area contributed by atoms with Crippen molar-refractivity contribution < 1.29 is 14.6 Å². The molecule has 1 N–H and O–H groups in total. The lowest BCUT2D eigenvalue weighted by molar-refractivity contribution is -0.161. The zero-order chi connectivity index (χ0) is 10.8. The molecule has 76 valence electrons. The van der Waals surface area contributed by atoms with Gasteiger partial charge in [0.25, 0.3) is 0 Å². The fraction of sp³-hybridized carbons (Fsp3) is 0.300. The first-order chi connectivity index (χ1) is 6.48. The molecular formula is C10H11IO3. The molecule has 1 rings (SSSR count). The smallest absolute Gasteiger partial charge is 0.342 e. The minimum atomic E-state index is -1.57. The molecule has 0 aliphatic carbocycles. The summed E-state index contributed by atoms with van der Waals surface area (Å²) < 4.78 is 5.56. The van der Waals surface area contributed by atoms with Crippen molar-refractivity contribution in [3.05, 3.63) is 33.4 Å². The summed E-state index contributed by atoms with van der Waals surface area (Å²) in [5.74, 6) is -0.654. The van der Waals surface area contributed by atoms with E-state index in [0.717, 1.165) is 3.57 Å². The lowest BCUT2D eigenvalue weighted by Crippen LogP contribution is -2.33. The standard InChI is InChI=1S/C10H11IO3/c1-10(13,9(12)14-2)7-3-5-8(11)6-4-7/h3-6,13H,1-2H3. The number of esters is 1. The van der Waals surface area contributed by atoms with Gasteiger partial charge in [0.2, 0.25) is 0 Å². The third-order valence-corrected chi connectivity index (χ3v) is 2.71. The second kappa shape index (κ2) is 4.27. The summed E-state index contributed by atoms with van der Waals surface area (Å²) in [4.78, 5) is 11.2. The van der Waals surface area contributed by atoms with Crippen molar-refractivity contribution in [2.45, 2.75) is 12.5 Å². The van der Waals surface area contributed by atoms with Crippen LogP contribution in [0.25, 0.3) is 0 Å². The van der Waals surface area contributed by atoms with E-state index >= 15 is 0 Å². The summed E-state index contributed by atoms with van der Waals surface area (Å²) in [6.07, 6.45) is 0. The Labute approximate surface area is 96.2 Å². The van der Waals surface area contributed by atoms with E-state index in [1.165, 1.54) is 14.0 Å². The third-order valence-electron chi connectivity index (χ3n) is 1.99. The second-order valence-electron chi connectivity index (χ2n) is 3.07. The molecule has 0 fully saturated rings. The Balaban J connectivity index is 3.03. The van der Waals surface area contributed by atoms with Gasteiger partial charge < -0.3 is 9.84 Å². The van der Waals surface area contributed by atoms with Crippen molar-refractivity contribution in [3.8, 4) is 0 Å². The molecule has 1 aromatic rings. The van der Waals surface area contributed by atoms with Gasteiger partial charge in [-0.1, -0.05) is 12.1 Å². The number of ether oxygens (including phenoxy) is 1. The van der Waals surface area contributed by atoms with E-state index < -0.39 is 11.6 Å². The van der Waals surface area contributed by atoms with Crippen molar-refractivity contribution in [2.75, 3.05) is 7.11 Å². The van der Waals surface area contributed by atoms with Crippen molar-refractivity contribution >= 4 is 28.6 Å². The molecule has 0 amide bonds. The maximum absolute atomic E-state index is 11.2. The molecule has 0 aromatic heterocycles. The molecular weight excluding hydrogens is 295 g/mol. The Kier molecular flexibility index (Phi) is 3.49. The molecule has 0 heterocycles. The molecule has 4 heteroatoms. The minimum absolute atomic E-state index is 0.532. The van der Waals surface area contributed by atoms with E-state index in [2.05, 4.69) is 27.3 Å². The van der Waals surface area contributed by atoms with Crippen LogP contribution in [-0.4, -0.2) is 18.2 Å². The molecule has 0 saturated heterocycles. The zero-order valence-electron chi connectivity index (χ0n) is 7.95. The number of rotatable bonds is 2. The van der Waals surface area contributed by atoms with Gasteiger partial charge in [-0.25, -0.2) is 4.79 Å². The lowest BCUT2D eigenvalue weighted by Gasteiger charge is -2.20. The van der Waals surface area contributed by atoms with Gasteiger partial charge >= 0.3 is 5.97 Å². The van der Waals surface area contributed by atoms with Crippen molar-refractivity contribution in [1.82, 2.24) is 0 Å². The minimum Gasteiger partial charge on any atom is -0.467 e. The van der Waals surface area contributed by atoms with Crippen LogP contribution in [0.5, 0.6) is 0 Å². The Morgan fingerprint density at radius 1 is 1.43 bits per heavy atom. The van der Waals surface area contributed by atoms with Crippen LogP contribution < -0.4 is 0 Å². The number of hydrogen-bond donors (Lipinski definition) is 1. The number of benzene rings is 1. The lowest BCUT2D eigenvalue weighted by atomic mass is 9.96. The van der Waals surface area contributed by atoms with Crippen molar-refractivity contribution in [1.29, 1.82) is 0 Å². The van der Waals surface area contributed by atoms with Gasteiger partial charge in [0.05, 0.1) is 7.11 Å². The summed E-state index contributed by atoms with van der Waals surface area (Å²) >= 11 is 2.15. The van der Waals surface area contributed by atoms with E-state index in [9.17, 15) is 9.90 Å². The van der Waals surface area contributed by atoms with Crippen LogP contribution in [0.1, 0.15) is 12.5 Å². The van der Waals surface area contributed by atoms with E-state index in [-0.39, 0.29) is 0 Å². The Morgan fingerprint density at radius 3 is 2.36 bits per heavy atom. The number of aliphatic hydroxyl groups is 1. The molecule has 0 aliphatic rings. The van der Waals surface area contributed by atoms with Crippen LogP contribution in [0.4, 0.5) is 0 Å². The summed E-state index contributed by atoms with van der Waals surface area (Å²) in [5.41, 5.74) is -1.04. The number of carbonyl (C=O) groups is 1. The number of methoxy groups -OCH3 is 1. The van der Waals surface area contributed by atoms with Crippen LogP contribution in [0, 0.1) is 3.57 Å². The molecule has 1 atom stereocenters. The van der Waals surface area contributed by atoms with E-state index in [1.807, 2.05) is 12.1 Å². The highest BCUT2D eigenvalue weighted by atomic mass is 127. The van der Waals surface area contributed by atoms with Gasteiger partial charge in [0.1, 0.15) is 0 Å². The third kappa shape index (κ3) is 2.24. The van der Waals surface area contributed by atoms with Crippen LogP contribution >= 0.6 is 22.6 Å². The molecule has 0 bridgehead atoms. The summed E-state index contributed by atoms with van der Waals surface area (Å²) in [6, 6.07) is 7.07. The summed E-state index contributed by atoms with van der Waals surface area (Å²) in [7, 11) is 1.25. The normalized spacial score (nSPS) is 14.6. The summed E-state index contributed by atoms with van der Waals surface area (Å²) in [6.45, 7) is 1.42. The fourth-order valence-corrected chi connectivity index (χ4v) is 1.45. The predicted molar refractivity (Wildman–Crippen MR) is 60.7 cm³/mol. The first-order valence-corrected chi connectivity index (χ1v) is 5.13. The highest BCUT2D eigenvalue weighted by Crippen LogP contribution is 2.22. The van der Waals surface area contributed by atoms with Crippen LogP contribution in [0.2, 0.25) is 0 Å². The second-order valence-corrected chi connectivity index (χ2v) is 4.32. The topological polar surface area (TPSA) is 46.5 Å². The van der Waals surface area contributed by atoms with Crippen LogP contribution in [0.15, 0.2) is 24.3 Å². The molecule has 0 radical (unpaired) electrons. The predicted octanol–water partition coefficient (Wildman–Crippen LogP) is 1.67. The molecule has 1 unspecified atom stereocenters. The number of carbonyl (C=O) groups excluding carboxylic acids is 1. The maximum Gasteiger partial charge on any atom is 0.342 e. The molecule has 0 aliphatic heterocycles. The van der Waals surface area contributed by atoms with Gasteiger partial charge in [0.15, 0.2) is 5.60 Å². The number of hydrogen-bond acceptors (Lipinski definition) is 3. The molecule has 14 heavy (non-hydrogen) atoms. The first kappa shape index (κ1) is 11.5. The SMILES string of the molecule is COC(=O)C(C)(O)c1ccc(I)cc1. The number of halogens is 1. The molecule has 3 nitrogen and oxygen atoms in total. The van der Waals surface area contributed by atoms with E-state index in [4.69, 9.17) is 0 Å². The Hall–Kier alpha value is -0.620. The van der Waals surface area contributed by atoms with Crippen molar-refractivity contribution in [2.24, 2.45) is 0 Å². The highest BCUT2D eigenvalue weighted by molar-refractivity contribution is 14.1. The van der Waals surface area contributed by atoms with Gasteiger partial charge in [-0.2, -0.15) is 0 Å². The van der Waals surface area contributed by atoms with Gasteiger partial charge in [-0.05, 0) is 47.2 Å². The monoisotopic (exact) mass is 306 g/mol. The Morgan fingerprint density at radius 2 is 1.93 bits per heavy atom. The quantitative estimate of drug-likeness (QED) is 0.668. The van der Waals surface area contributed by atoms with Crippen LogP contribution in [-0.2, 0) is 15.1 Å². The van der Waals surface area contributed by atoms with E-state index in [0.29, 0.717) is 5.56 Å². The van der Waals surface area contributed by atoms with Crippen molar-refractivity contribution in [3.63, 3.8) is 0 Å². The fourth-order valence-electron chi connectivity index (χ4n) is 1.09. The maximum atomic E-state index is 11.2. The van der Waals surface area contributed by atoms with Gasteiger partial charge in [0, 0.05) is 3.57 Å². The van der Waals surface area contributed by atoms with Gasteiger partial charge in [-0.15, -0.1) is 0 Å². The highest BCUT2D eigenvalue weighted by Gasteiger charge is 2.33. The summed E-state index contributed by atoms with van der Waals surface area (Å²) in [5, 5.41) is 9.87. The largest absolute Gasteiger partial charge is 0.467 e. The van der Waals surface area contributed by atoms with E-state index in [1.54, 1.807) is 12.1 Å². The average molecular weight is 306 g/mol. The zero-order valence-corrected chi connectivity index (χ0v) is 10.1. The molecule has 1 aromatic carbocycles. The average Bonchev–Trinajstić information content (AvgIpc) is 2.17. The van der Waals surface area contributed by atoms with Crippen LogP contribution in [0.3, 0.4) is 0 Å². The molecule has 0 spiro atoms. The van der Waals surface area contributed by atoms with Gasteiger partial charge in [-0.3, -0.25) is 0 Å². The first-order valence-electron chi connectivity index (χ1n) is 4.05. The molecule has 0 saturated carbocycles.